The molecular formula is C27H36F4N2O4. The summed E-state index contributed by atoms with van der Waals surface area (Å²) in [4.78, 5) is 13.6. The Bertz CT molecular complexity index is 915. The number of likely N-dealkylation sites (tertiary alicyclic amines) is 1. The van der Waals surface area contributed by atoms with Crippen molar-refractivity contribution in [1.29, 1.82) is 0 Å². The Balaban J connectivity index is 0.000000604. The molecule has 1 heterocycles. The van der Waals surface area contributed by atoms with Crippen LogP contribution in [0.15, 0.2) is 48.5 Å². The minimum absolute atomic E-state index is 0.0917. The van der Waals surface area contributed by atoms with Crippen LogP contribution in [0.3, 0.4) is 0 Å². The van der Waals surface area contributed by atoms with E-state index in [1.54, 1.807) is 12.1 Å². The van der Waals surface area contributed by atoms with Gasteiger partial charge in [0, 0.05) is 19.5 Å². The van der Waals surface area contributed by atoms with Crippen LogP contribution in [0, 0.1) is 5.82 Å². The number of hydrogen-bond donors (Lipinski definition) is 1. The van der Waals surface area contributed by atoms with E-state index in [2.05, 4.69) is 36.0 Å². The summed E-state index contributed by atoms with van der Waals surface area (Å²) in [6.45, 7) is 5.23. The molecule has 1 saturated heterocycles. The highest BCUT2D eigenvalue weighted by Crippen LogP contribution is 2.27. The summed E-state index contributed by atoms with van der Waals surface area (Å²) < 4.78 is 57.1. The highest BCUT2D eigenvalue weighted by molar-refractivity contribution is 5.73. The number of ether oxygens (including phenoxy) is 2. The zero-order chi connectivity index (χ0) is 27.3. The molecule has 0 spiro atoms. The first-order valence-electron chi connectivity index (χ1n) is 12.4. The molecule has 0 amide bonds. The predicted octanol–water partition coefficient (Wildman–Crippen LogP) is 5.79. The van der Waals surface area contributed by atoms with Crippen molar-refractivity contribution in [2.45, 2.75) is 44.4 Å². The van der Waals surface area contributed by atoms with Crippen molar-refractivity contribution in [2.75, 3.05) is 46.9 Å². The Hall–Kier alpha value is -2.85. The van der Waals surface area contributed by atoms with E-state index in [0.717, 1.165) is 43.9 Å². The number of hydrogen-bond acceptors (Lipinski definition) is 5. The maximum Gasteiger partial charge on any atom is 0.490 e. The third kappa shape index (κ3) is 12.3. The minimum atomic E-state index is -5.08. The second kappa shape index (κ2) is 15.4. The molecule has 0 aliphatic carbocycles. The molecule has 1 atom stereocenters. The minimum Gasteiger partial charge on any atom is -0.494 e. The average molecular weight is 529 g/mol. The number of alkyl halides is 3. The van der Waals surface area contributed by atoms with Crippen molar-refractivity contribution >= 4 is 5.97 Å². The lowest BCUT2D eigenvalue weighted by Crippen LogP contribution is -2.31. The lowest BCUT2D eigenvalue weighted by Gasteiger charge is -2.26. The van der Waals surface area contributed by atoms with Gasteiger partial charge in [-0.3, -0.25) is 0 Å². The Morgan fingerprint density at radius 1 is 1.00 bits per heavy atom. The van der Waals surface area contributed by atoms with E-state index in [0.29, 0.717) is 5.75 Å². The Morgan fingerprint density at radius 2 is 1.57 bits per heavy atom. The van der Waals surface area contributed by atoms with E-state index in [-0.39, 0.29) is 11.9 Å². The van der Waals surface area contributed by atoms with Crippen LogP contribution >= 0.6 is 0 Å². The molecule has 3 rings (SSSR count). The van der Waals surface area contributed by atoms with Gasteiger partial charge in [-0.1, -0.05) is 18.6 Å². The van der Waals surface area contributed by atoms with Gasteiger partial charge in [0.15, 0.2) is 0 Å². The van der Waals surface area contributed by atoms with Crippen molar-refractivity contribution in [3.8, 4) is 11.5 Å². The van der Waals surface area contributed by atoms with Gasteiger partial charge in [0.25, 0.3) is 0 Å². The van der Waals surface area contributed by atoms with Crippen molar-refractivity contribution in [3.63, 3.8) is 0 Å². The van der Waals surface area contributed by atoms with Crippen molar-refractivity contribution in [1.82, 2.24) is 9.80 Å². The molecule has 0 bridgehead atoms. The zero-order valence-electron chi connectivity index (χ0n) is 21.3. The summed E-state index contributed by atoms with van der Waals surface area (Å²) in [6, 6.07) is 14.4. The number of benzene rings is 2. The fraction of sp³-hybridized carbons (Fsp3) is 0.519. The molecule has 10 heteroatoms. The van der Waals surface area contributed by atoms with Crippen LogP contribution < -0.4 is 9.47 Å². The van der Waals surface area contributed by atoms with Crippen LogP contribution in [0.1, 0.15) is 43.8 Å². The highest BCUT2D eigenvalue weighted by Gasteiger charge is 2.38. The summed E-state index contributed by atoms with van der Waals surface area (Å²) in [5.74, 6) is -1.44. The van der Waals surface area contributed by atoms with Gasteiger partial charge in [0.2, 0.25) is 0 Å². The van der Waals surface area contributed by atoms with Crippen molar-refractivity contribution in [3.05, 3.63) is 59.9 Å². The van der Waals surface area contributed by atoms with Crippen molar-refractivity contribution in [2.24, 2.45) is 0 Å². The number of halogens is 4. The van der Waals surface area contributed by atoms with Gasteiger partial charge in [-0.15, -0.1) is 0 Å². The maximum atomic E-state index is 13.2. The van der Waals surface area contributed by atoms with E-state index in [4.69, 9.17) is 19.4 Å². The number of piperidine rings is 1. The summed E-state index contributed by atoms with van der Waals surface area (Å²) in [5, 5.41) is 7.12. The number of carboxylic acid groups (broad SMARTS) is 1. The van der Waals surface area contributed by atoms with Gasteiger partial charge < -0.3 is 24.4 Å². The molecule has 1 aliphatic rings. The predicted molar refractivity (Wildman–Crippen MR) is 133 cm³/mol. The van der Waals surface area contributed by atoms with E-state index >= 15 is 0 Å². The van der Waals surface area contributed by atoms with E-state index in [9.17, 15) is 17.6 Å². The maximum absolute atomic E-state index is 13.2. The SMILES string of the molecule is CN(C)CCC(Oc1ccc(F)cc1)c1ccc(OCCCN2CCCCC2)cc1.O=C(O)C(F)(F)F. The summed E-state index contributed by atoms with van der Waals surface area (Å²) >= 11 is 0. The molecular weight excluding hydrogens is 492 g/mol. The second-order valence-electron chi connectivity index (χ2n) is 9.13. The van der Waals surface area contributed by atoms with Gasteiger partial charge in [-0.25, -0.2) is 9.18 Å². The number of aliphatic carboxylic acids is 1. The number of nitrogens with zero attached hydrogens (tertiary/aromatic N) is 2. The molecule has 1 fully saturated rings. The van der Waals surface area contributed by atoms with Crippen molar-refractivity contribution < 1.29 is 36.9 Å². The molecule has 1 aliphatic heterocycles. The molecule has 37 heavy (non-hydrogen) atoms. The first-order chi connectivity index (χ1) is 17.5. The smallest absolute Gasteiger partial charge is 0.490 e. The van der Waals surface area contributed by atoms with Gasteiger partial charge in [-0.05, 0) is 88.4 Å². The average Bonchev–Trinajstić information content (AvgIpc) is 2.86. The number of carboxylic acids is 1. The molecule has 1 N–H and O–H groups in total. The van der Waals surface area contributed by atoms with Crippen LogP contribution in [0.2, 0.25) is 0 Å². The van der Waals surface area contributed by atoms with Crippen LogP contribution in [0.5, 0.6) is 11.5 Å². The van der Waals surface area contributed by atoms with Gasteiger partial charge in [0.1, 0.15) is 23.4 Å². The molecule has 206 valence electrons. The van der Waals surface area contributed by atoms with E-state index in [1.807, 2.05) is 12.1 Å². The fourth-order valence-electron chi connectivity index (χ4n) is 3.79. The number of carbonyl (C=O) groups is 1. The summed E-state index contributed by atoms with van der Waals surface area (Å²) in [5.41, 5.74) is 1.10. The largest absolute Gasteiger partial charge is 0.494 e. The van der Waals surface area contributed by atoms with Crippen LogP contribution in [0.25, 0.3) is 0 Å². The molecule has 6 nitrogen and oxygen atoms in total. The lowest BCUT2D eigenvalue weighted by atomic mass is 10.1. The number of rotatable bonds is 11. The molecule has 1 unspecified atom stereocenters. The normalized spacial score (nSPS) is 15.0. The monoisotopic (exact) mass is 528 g/mol. The fourth-order valence-corrected chi connectivity index (χ4v) is 3.79. The van der Waals surface area contributed by atoms with Gasteiger partial charge >= 0.3 is 12.1 Å². The van der Waals surface area contributed by atoms with E-state index < -0.39 is 12.1 Å². The standard InChI is InChI=1S/C25H35FN2O2.C2HF3O2/c1-27(2)19-15-25(30-24-13-9-22(26)10-14-24)21-7-11-23(12-8-21)29-20-6-18-28-16-4-3-5-17-28;3-2(4,5)1(6)7/h7-14,25H,3-6,15-20H2,1-2H3;(H,6,7). The molecule has 0 radical (unpaired) electrons. The van der Waals surface area contributed by atoms with Gasteiger partial charge in [-0.2, -0.15) is 13.2 Å². The summed E-state index contributed by atoms with van der Waals surface area (Å²) in [7, 11) is 4.10. The molecule has 2 aromatic carbocycles. The molecule has 0 saturated carbocycles. The second-order valence-corrected chi connectivity index (χ2v) is 9.13. The Morgan fingerprint density at radius 3 is 2.11 bits per heavy atom. The zero-order valence-corrected chi connectivity index (χ0v) is 21.3. The quantitative estimate of drug-likeness (QED) is 0.295. The van der Waals surface area contributed by atoms with E-state index in [1.165, 1.54) is 44.5 Å². The highest BCUT2D eigenvalue weighted by atomic mass is 19.4. The molecule has 0 aromatic heterocycles. The third-order valence-corrected chi connectivity index (χ3v) is 5.76. The van der Waals surface area contributed by atoms with Crippen LogP contribution in [-0.2, 0) is 4.79 Å². The first kappa shape index (κ1) is 30.4. The lowest BCUT2D eigenvalue weighted by molar-refractivity contribution is -0.192. The Kier molecular flexibility index (Phi) is 12.7. The molecule has 2 aromatic rings. The Labute approximate surface area is 215 Å². The van der Waals surface area contributed by atoms with Crippen LogP contribution in [-0.4, -0.2) is 73.9 Å². The topological polar surface area (TPSA) is 62.2 Å². The summed E-state index contributed by atoms with van der Waals surface area (Å²) in [6.07, 6.45) is 0.765. The van der Waals surface area contributed by atoms with Gasteiger partial charge in [0.05, 0.1) is 6.61 Å². The third-order valence-electron chi connectivity index (χ3n) is 5.76. The first-order valence-corrected chi connectivity index (χ1v) is 12.4. The van der Waals surface area contributed by atoms with Crippen LogP contribution in [0.4, 0.5) is 17.6 Å².